The van der Waals surface area contributed by atoms with Crippen LogP contribution in [0.2, 0.25) is 0 Å². The summed E-state index contributed by atoms with van der Waals surface area (Å²) in [6.45, 7) is -0.111. The number of hydrogen-bond donors (Lipinski definition) is 1. The Bertz CT molecular complexity index is 1410. The lowest BCUT2D eigenvalue weighted by Gasteiger charge is -2.08. The van der Waals surface area contributed by atoms with Gasteiger partial charge in [-0.2, -0.15) is 0 Å². The summed E-state index contributed by atoms with van der Waals surface area (Å²) in [6, 6.07) is 15.3. The summed E-state index contributed by atoms with van der Waals surface area (Å²) in [5, 5.41) is 2.78. The van der Waals surface area contributed by atoms with Gasteiger partial charge in [-0.1, -0.05) is 18.2 Å². The molecule has 9 nitrogen and oxygen atoms in total. The van der Waals surface area contributed by atoms with E-state index in [9.17, 15) is 19.2 Å². The van der Waals surface area contributed by atoms with Gasteiger partial charge in [0.2, 0.25) is 0 Å². The third-order valence-electron chi connectivity index (χ3n) is 5.03. The maximum Gasteiger partial charge on any atom is 0.332 e. The first-order chi connectivity index (χ1) is 14.9. The standard InChI is InChI=1S/C22H19N5O4/c1-25-19-18(21(30)26(2)22(25)31)27(13-23-19)12-17(28)14-8-10-16(11-9-14)24-20(29)15-6-4-3-5-7-15/h3-11,13H,12H2,1-2H3,(H,24,29). The maximum atomic E-state index is 12.7. The van der Waals surface area contributed by atoms with E-state index in [1.165, 1.54) is 29.6 Å². The summed E-state index contributed by atoms with van der Waals surface area (Å²) in [5.74, 6) is -0.484. The molecule has 4 rings (SSSR count). The Morgan fingerprint density at radius 2 is 1.58 bits per heavy atom. The zero-order chi connectivity index (χ0) is 22.1. The molecule has 0 aliphatic heterocycles. The third kappa shape index (κ3) is 3.68. The molecular formula is C22H19N5O4. The highest BCUT2D eigenvalue weighted by Crippen LogP contribution is 2.14. The van der Waals surface area contributed by atoms with Gasteiger partial charge >= 0.3 is 5.69 Å². The molecule has 4 aromatic rings. The van der Waals surface area contributed by atoms with Gasteiger partial charge in [-0.15, -0.1) is 0 Å². The fraction of sp³-hybridized carbons (Fsp3) is 0.136. The molecule has 31 heavy (non-hydrogen) atoms. The molecule has 0 radical (unpaired) electrons. The largest absolute Gasteiger partial charge is 0.332 e. The molecule has 1 N–H and O–H groups in total. The number of anilines is 1. The Balaban J connectivity index is 1.54. The van der Waals surface area contributed by atoms with E-state index in [0.717, 1.165) is 4.57 Å². The number of benzene rings is 2. The van der Waals surface area contributed by atoms with Crippen LogP contribution >= 0.6 is 0 Å². The maximum absolute atomic E-state index is 12.7. The molecule has 1 amide bonds. The number of Topliss-reactive ketones (excluding diaryl/α,β-unsaturated/α-hetero) is 1. The van der Waals surface area contributed by atoms with E-state index in [1.807, 2.05) is 6.07 Å². The summed E-state index contributed by atoms with van der Waals surface area (Å²) >= 11 is 0. The SMILES string of the molecule is Cn1c(=O)c2c(ncn2CC(=O)c2ccc(NC(=O)c3ccccc3)cc2)n(C)c1=O. The van der Waals surface area contributed by atoms with Crippen LogP contribution in [0.3, 0.4) is 0 Å². The molecule has 9 heteroatoms. The second kappa shape index (κ2) is 7.86. The van der Waals surface area contributed by atoms with Gasteiger partial charge in [0.15, 0.2) is 16.9 Å². The van der Waals surface area contributed by atoms with Gasteiger partial charge < -0.3 is 9.88 Å². The summed E-state index contributed by atoms with van der Waals surface area (Å²) in [5.41, 5.74) is 0.920. The van der Waals surface area contributed by atoms with Gasteiger partial charge in [0.1, 0.15) is 0 Å². The first-order valence-corrected chi connectivity index (χ1v) is 9.47. The van der Waals surface area contributed by atoms with Crippen LogP contribution in [0.5, 0.6) is 0 Å². The number of imidazole rings is 1. The number of ketones is 1. The van der Waals surface area contributed by atoms with Crippen molar-refractivity contribution in [2.24, 2.45) is 14.1 Å². The molecule has 2 aromatic carbocycles. The van der Waals surface area contributed by atoms with Crippen LogP contribution in [0.1, 0.15) is 20.7 Å². The Kier molecular flexibility index (Phi) is 5.08. The van der Waals surface area contributed by atoms with Gasteiger partial charge in [0, 0.05) is 30.9 Å². The summed E-state index contributed by atoms with van der Waals surface area (Å²) < 4.78 is 3.68. The van der Waals surface area contributed by atoms with Gasteiger partial charge in [0.05, 0.1) is 12.9 Å². The molecule has 0 aliphatic rings. The quantitative estimate of drug-likeness (QED) is 0.496. The van der Waals surface area contributed by atoms with Crippen LogP contribution < -0.4 is 16.6 Å². The number of rotatable bonds is 5. The van der Waals surface area contributed by atoms with E-state index in [1.54, 1.807) is 48.5 Å². The molecule has 0 aliphatic carbocycles. The van der Waals surface area contributed by atoms with Crippen LogP contribution in [0.15, 0.2) is 70.5 Å². The Hall–Kier alpha value is -4.27. The average Bonchev–Trinajstić information content (AvgIpc) is 3.21. The summed E-state index contributed by atoms with van der Waals surface area (Å²) in [6.07, 6.45) is 1.37. The van der Waals surface area contributed by atoms with Gasteiger partial charge in [-0.05, 0) is 36.4 Å². The Morgan fingerprint density at radius 1 is 0.903 bits per heavy atom. The zero-order valence-corrected chi connectivity index (χ0v) is 16.9. The molecule has 2 aromatic heterocycles. The normalized spacial score (nSPS) is 10.9. The number of hydrogen-bond acceptors (Lipinski definition) is 5. The van der Waals surface area contributed by atoms with Crippen LogP contribution in [-0.4, -0.2) is 30.4 Å². The van der Waals surface area contributed by atoms with Crippen molar-refractivity contribution in [3.05, 3.63) is 92.9 Å². The predicted octanol–water partition coefficient (Wildman–Crippen LogP) is 1.57. The molecule has 0 spiro atoms. The molecule has 0 saturated carbocycles. The topological polar surface area (TPSA) is 108 Å². The minimum Gasteiger partial charge on any atom is -0.322 e. The fourth-order valence-corrected chi connectivity index (χ4v) is 3.30. The first-order valence-electron chi connectivity index (χ1n) is 9.47. The lowest BCUT2D eigenvalue weighted by molar-refractivity contribution is 0.0972. The van der Waals surface area contributed by atoms with E-state index in [4.69, 9.17) is 0 Å². The van der Waals surface area contributed by atoms with Crippen LogP contribution in [0.25, 0.3) is 11.2 Å². The average molecular weight is 417 g/mol. The van der Waals surface area contributed by atoms with E-state index in [0.29, 0.717) is 16.8 Å². The van der Waals surface area contributed by atoms with Crippen molar-refractivity contribution >= 4 is 28.5 Å². The highest BCUT2D eigenvalue weighted by atomic mass is 16.2. The molecule has 0 saturated heterocycles. The van der Waals surface area contributed by atoms with E-state index in [2.05, 4.69) is 10.3 Å². The fourth-order valence-electron chi connectivity index (χ4n) is 3.30. The van der Waals surface area contributed by atoms with Crippen LogP contribution in [0.4, 0.5) is 5.69 Å². The predicted molar refractivity (Wildman–Crippen MR) is 115 cm³/mol. The second-order valence-electron chi connectivity index (χ2n) is 7.07. The molecule has 2 heterocycles. The minimum absolute atomic E-state index is 0.111. The number of nitrogens with one attached hydrogen (secondary N) is 1. The molecule has 0 atom stereocenters. The lowest BCUT2D eigenvalue weighted by atomic mass is 10.1. The Morgan fingerprint density at radius 3 is 2.26 bits per heavy atom. The van der Waals surface area contributed by atoms with Crippen molar-refractivity contribution in [3.8, 4) is 0 Å². The van der Waals surface area contributed by atoms with E-state index >= 15 is 0 Å². The van der Waals surface area contributed by atoms with Gasteiger partial charge in [-0.3, -0.25) is 23.5 Å². The van der Waals surface area contributed by atoms with Crippen LogP contribution in [0, 0.1) is 0 Å². The summed E-state index contributed by atoms with van der Waals surface area (Å²) in [4.78, 5) is 53.6. The van der Waals surface area contributed by atoms with E-state index < -0.39 is 11.2 Å². The molecular weight excluding hydrogens is 398 g/mol. The highest BCUT2D eigenvalue weighted by molar-refractivity contribution is 6.04. The molecule has 156 valence electrons. The van der Waals surface area contributed by atoms with Gasteiger partial charge in [-0.25, -0.2) is 9.78 Å². The van der Waals surface area contributed by atoms with Crippen molar-refractivity contribution < 1.29 is 9.59 Å². The van der Waals surface area contributed by atoms with Crippen molar-refractivity contribution in [3.63, 3.8) is 0 Å². The van der Waals surface area contributed by atoms with Crippen molar-refractivity contribution in [1.29, 1.82) is 0 Å². The smallest absolute Gasteiger partial charge is 0.322 e. The highest BCUT2D eigenvalue weighted by Gasteiger charge is 2.16. The zero-order valence-electron chi connectivity index (χ0n) is 16.9. The van der Waals surface area contributed by atoms with Crippen LogP contribution in [-0.2, 0) is 20.6 Å². The lowest BCUT2D eigenvalue weighted by Crippen LogP contribution is -2.37. The molecule has 0 fully saturated rings. The van der Waals surface area contributed by atoms with Crippen molar-refractivity contribution in [1.82, 2.24) is 18.7 Å². The number of aryl methyl sites for hydroxylation is 1. The van der Waals surface area contributed by atoms with E-state index in [-0.39, 0.29) is 29.4 Å². The third-order valence-corrected chi connectivity index (χ3v) is 5.03. The second-order valence-corrected chi connectivity index (χ2v) is 7.07. The Labute approximate surface area is 176 Å². The number of amides is 1. The number of carbonyl (C=O) groups is 2. The summed E-state index contributed by atoms with van der Waals surface area (Å²) in [7, 11) is 2.90. The van der Waals surface area contributed by atoms with Crippen molar-refractivity contribution in [2.75, 3.05) is 5.32 Å². The number of fused-ring (bicyclic) bond motifs is 1. The molecule has 0 unspecified atom stereocenters. The van der Waals surface area contributed by atoms with Crippen molar-refractivity contribution in [2.45, 2.75) is 6.54 Å². The number of aromatic nitrogens is 4. The number of nitrogens with zero attached hydrogens (tertiary/aromatic N) is 4. The number of carbonyl (C=O) groups excluding carboxylic acids is 2. The minimum atomic E-state index is -0.512. The monoisotopic (exact) mass is 417 g/mol. The van der Waals surface area contributed by atoms with Gasteiger partial charge in [0.25, 0.3) is 11.5 Å². The molecule has 0 bridgehead atoms. The first kappa shape index (κ1) is 20.0.